The van der Waals surface area contributed by atoms with Crippen molar-refractivity contribution in [1.29, 1.82) is 0 Å². The van der Waals surface area contributed by atoms with Crippen LogP contribution in [0.2, 0.25) is 0 Å². The molecule has 0 aliphatic heterocycles. The summed E-state index contributed by atoms with van der Waals surface area (Å²) < 4.78 is 0. The predicted octanol–water partition coefficient (Wildman–Crippen LogP) is 7.12. The normalized spacial score (nSPS) is 10.7. The van der Waals surface area contributed by atoms with Crippen molar-refractivity contribution in [2.45, 2.75) is 33.6 Å². The average Bonchev–Trinajstić information content (AvgIpc) is 2.63. The number of fused-ring (bicyclic) bond motifs is 5. The zero-order valence-electron chi connectivity index (χ0n) is 14.3. The summed E-state index contributed by atoms with van der Waals surface area (Å²) in [7, 11) is 0. The molecule has 0 atom stereocenters. The molecule has 0 aliphatic carbocycles. The second kappa shape index (κ2) is 6.83. The first kappa shape index (κ1) is 15.6. The molecule has 0 heteroatoms. The molecule has 0 radical (unpaired) electrons. The van der Waals surface area contributed by atoms with E-state index < -0.39 is 0 Å². The highest BCUT2D eigenvalue weighted by atomic mass is 14.1. The van der Waals surface area contributed by atoms with Gasteiger partial charge in [-0.25, -0.2) is 0 Å². The predicted molar refractivity (Wildman–Crippen MR) is 104 cm³/mol. The fourth-order valence-corrected chi connectivity index (χ4v) is 3.41. The summed E-state index contributed by atoms with van der Waals surface area (Å²) in [6, 6.07) is 24.4. The highest BCUT2D eigenvalue weighted by molar-refractivity contribution is 6.18. The molecule has 0 bridgehead atoms. The van der Waals surface area contributed by atoms with Crippen molar-refractivity contribution >= 4 is 32.3 Å². The summed E-state index contributed by atoms with van der Waals surface area (Å²) in [5.74, 6) is 0. The Bertz CT molecular complexity index is 948. The molecule has 0 aliphatic rings. The van der Waals surface area contributed by atoms with Crippen LogP contribution in [0, 0.1) is 0 Å². The number of rotatable bonds is 2. The van der Waals surface area contributed by atoms with Crippen LogP contribution in [0.3, 0.4) is 0 Å². The van der Waals surface area contributed by atoms with E-state index in [1.807, 2.05) is 13.8 Å². The van der Waals surface area contributed by atoms with Gasteiger partial charge in [-0.3, -0.25) is 0 Å². The second-order valence-electron chi connectivity index (χ2n) is 5.71. The van der Waals surface area contributed by atoms with Gasteiger partial charge in [0.25, 0.3) is 0 Å². The minimum absolute atomic E-state index is 1.14. The number of hydrogen-bond acceptors (Lipinski definition) is 0. The summed E-state index contributed by atoms with van der Waals surface area (Å²) in [4.78, 5) is 0. The Kier molecular flexibility index (Phi) is 4.62. The van der Waals surface area contributed by atoms with Gasteiger partial charge in [-0.15, -0.1) is 0 Å². The van der Waals surface area contributed by atoms with Gasteiger partial charge in [-0.05, 0) is 50.4 Å². The van der Waals surface area contributed by atoms with Crippen LogP contribution in [0.1, 0.15) is 32.8 Å². The van der Waals surface area contributed by atoms with Crippen LogP contribution in [0.5, 0.6) is 0 Å². The first-order valence-electron chi connectivity index (χ1n) is 8.70. The molecule has 0 saturated heterocycles. The standard InChI is InChI=1S/C21H18.C2H6/c1-2-7-16-14-21-17-9-4-3-8-15(17)12-13-20(21)19-11-6-5-10-18(16)19;1-2/h3-6,8-14H,2,7H2,1H3;1-2H3. The molecule has 116 valence electrons. The van der Waals surface area contributed by atoms with E-state index in [9.17, 15) is 0 Å². The van der Waals surface area contributed by atoms with Crippen molar-refractivity contribution in [3.63, 3.8) is 0 Å². The quantitative estimate of drug-likeness (QED) is 0.345. The highest BCUT2D eigenvalue weighted by Crippen LogP contribution is 2.33. The minimum atomic E-state index is 1.14. The van der Waals surface area contributed by atoms with E-state index in [1.165, 1.54) is 44.3 Å². The molecule has 4 rings (SSSR count). The lowest BCUT2D eigenvalue weighted by molar-refractivity contribution is 0.931. The van der Waals surface area contributed by atoms with Crippen LogP contribution in [0.25, 0.3) is 32.3 Å². The summed E-state index contributed by atoms with van der Waals surface area (Å²) in [5, 5.41) is 8.21. The molecular formula is C23H24. The topological polar surface area (TPSA) is 0 Å². The fraction of sp³-hybridized carbons (Fsp3) is 0.217. The molecule has 0 aromatic heterocycles. The van der Waals surface area contributed by atoms with Crippen molar-refractivity contribution in [3.8, 4) is 0 Å². The largest absolute Gasteiger partial charge is 0.0683 e. The second-order valence-corrected chi connectivity index (χ2v) is 5.71. The number of hydrogen-bond donors (Lipinski definition) is 0. The van der Waals surface area contributed by atoms with Gasteiger partial charge in [0.15, 0.2) is 0 Å². The van der Waals surface area contributed by atoms with Gasteiger partial charge in [0.1, 0.15) is 0 Å². The highest BCUT2D eigenvalue weighted by Gasteiger charge is 2.08. The number of aryl methyl sites for hydroxylation is 1. The summed E-state index contributed by atoms with van der Waals surface area (Å²) in [6.07, 6.45) is 2.32. The SMILES string of the molecule is CC.CCCc1cc2c3ccccc3ccc2c2ccccc12. The van der Waals surface area contributed by atoms with Crippen molar-refractivity contribution in [2.24, 2.45) is 0 Å². The molecule has 0 spiro atoms. The minimum Gasteiger partial charge on any atom is -0.0683 e. The Hall–Kier alpha value is -2.34. The maximum atomic E-state index is 2.41. The van der Waals surface area contributed by atoms with E-state index in [1.54, 1.807) is 0 Å². The first-order valence-corrected chi connectivity index (χ1v) is 8.70. The lowest BCUT2D eigenvalue weighted by Gasteiger charge is -2.12. The molecule has 0 fully saturated rings. The van der Waals surface area contributed by atoms with Crippen LogP contribution in [-0.2, 0) is 6.42 Å². The molecule has 0 unspecified atom stereocenters. The molecular weight excluding hydrogens is 276 g/mol. The lowest BCUT2D eigenvalue weighted by atomic mass is 9.92. The Labute approximate surface area is 138 Å². The van der Waals surface area contributed by atoms with E-state index in [-0.39, 0.29) is 0 Å². The van der Waals surface area contributed by atoms with Crippen molar-refractivity contribution in [1.82, 2.24) is 0 Å². The molecule has 0 saturated carbocycles. The smallest absolute Gasteiger partial charge is 0.00962 e. The van der Waals surface area contributed by atoms with Crippen molar-refractivity contribution in [3.05, 3.63) is 72.3 Å². The Balaban J connectivity index is 0.000000753. The molecule has 0 nitrogen and oxygen atoms in total. The average molecular weight is 300 g/mol. The van der Waals surface area contributed by atoms with E-state index >= 15 is 0 Å². The first-order chi connectivity index (χ1) is 11.4. The molecule has 23 heavy (non-hydrogen) atoms. The summed E-state index contributed by atoms with van der Waals surface area (Å²) >= 11 is 0. The Morgan fingerprint density at radius 2 is 1.22 bits per heavy atom. The monoisotopic (exact) mass is 300 g/mol. The van der Waals surface area contributed by atoms with Gasteiger partial charge in [0, 0.05) is 0 Å². The maximum absolute atomic E-state index is 2.41. The maximum Gasteiger partial charge on any atom is -0.00962 e. The van der Waals surface area contributed by atoms with Crippen LogP contribution >= 0.6 is 0 Å². The van der Waals surface area contributed by atoms with Gasteiger partial charge in [0.05, 0.1) is 0 Å². The zero-order chi connectivity index (χ0) is 16.2. The van der Waals surface area contributed by atoms with Gasteiger partial charge in [-0.1, -0.05) is 87.9 Å². The number of benzene rings is 4. The van der Waals surface area contributed by atoms with Gasteiger partial charge in [0.2, 0.25) is 0 Å². The molecule has 0 amide bonds. The van der Waals surface area contributed by atoms with E-state index in [4.69, 9.17) is 0 Å². The zero-order valence-corrected chi connectivity index (χ0v) is 14.3. The summed E-state index contributed by atoms with van der Waals surface area (Å²) in [5.41, 5.74) is 1.47. The third-order valence-corrected chi connectivity index (χ3v) is 4.37. The molecule has 4 aromatic rings. The van der Waals surface area contributed by atoms with E-state index in [0.29, 0.717) is 0 Å². The molecule has 4 aromatic carbocycles. The summed E-state index contributed by atoms with van der Waals surface area (Å²) in [6.45, 7) is 6.25. The Morgan fingerprint density at radius 1 is 0.609 bits per heavy atom. The third kappa shape index (κ3) is 2.70. The van der Waals surface area contributed by atoms with Crippen molar-refractivity contribution in [2.75, 3.05) is 0 Å². The van der Waals surface area contributed by atoms with Crippen LogP contribution in [-0.4, -0.2) is 0 Å². The Morgan fingerprint density at radius 3 is 1.96 bits per heavy atom. The van der Waals surface area contributed by atoms with Crippen LogP contribution < -0.4 is 0 Å². The van der Waals surface area contributed by atoms with Gasteiger partial charge < -0.3 is 0 Å². The van der Waals surface area contributed by atoms with E-state index in [2.05, 4.69) is 73.7 Å². The van der Waals surface area contributed by atoms with Gasteiger partial charge >= 0.3 is 0 Å². The van der Waals surface area contributed by atoms with Crippen molar-refractivity contribution < 1.29 is 0 Å². The third-order valence-electron chi connectivity index (χ3n) is 4.37. The lowest BCUT2D eigenvalue weighted by Crippen LogP contribution is -1.89. The molecule has 0 heterocycles. The van der Waals surface area contributed by atoms with Crippen LogP contribution in [0.4, 0.5) is 0 Å². The van der Waals surface area contributed by atoms with E-state index in [0.717, 1.165) is 6.42 Å². The fourth-order valence-electron chi connectivity index (χ4n) is 3.41. The molecule has 0 N–H and O–H groups in total. The van der Waals surface area contributed by atoms with Gasteiger partial charge in [-0.2, -0.15) is 0 Å². The van der Waals surface area contributed by atoms with Crippen LogP contribution in [0.15, 0.2) is 66.7 Å².